The van der Waals surface area contributed by atoms with Crippen molar-refractivity contribution in [2.75, 3.05) is 11.1 Å². The molecule has 9 heteroatoms. The SMILES string of the molecule is Nc1nc(NCc2ccccc2OC(F)(F)F)n[nH]1. The third-order valence-corrected chi connectivity index (χ3v) is 2.14. The zero-order valence-corrected chi connectivity index (χ0v) is 9.53. The highest BCUT2D eigenvalue weighted by molar-refractivity contribution is 5.37. The predicted molar refractivity (Wildman–Crippen MR) is 61.2 cm³/mol. The van der Waals surface area contributed by atoms with Gasteiger partial charge in [-0.3, -0.25) is 0 Å². The van der Waals surface area contributed by atoms with Gasteiger partial charge in [0.15, 0.2) is 0 Å². The van der Waals surface area contributed by atoms with E-state index in [-0.39, 0.29) is 24.2 Å². The zero-order chi connectivity index (χ0) is 13.9. The fraction of sp³-hybridized carbons (Fsp3) is 0.200. The van der Waals surface area contributed by atoms with Crippen molar-refractivity contribution in [1.29, 1.82) is 0 Å². The third kappa shape index (κ3) is 3.76. The first-order chi connectivity index (χ1) is 8.94. The highest BCUT2D eigenvalue weighted by Crippen LogP contribution is 2.26. The monoisotopic (exact) mass is 273 g/mol. The van der Waals surface area contributed by atoms with Gasteiger partial charge in [-0.15, -0.1) is 18.3 Å². The molecule has 1 aromatic carbocycles. The van der Waals surface area contributed by atoms with E-state index < -0.39 is 6.36 Å². The molecule has 19 heavy (non-hydrogen) atoms. The Labute approximate surface area is 105 Å². The van der Waals surface area contributed by atoms with Crippen LogP contribution in [-0.4, -0.2) is 21.5 Å². The first-order valence-corrected chi connectivity index (χ1v) is 5.19. The van der Waals surface area contributed by atoms with Crippen molar-refractivity contribution in [2.24, 2.45) is 0 Å². The van der Waals surface area contributed by atoms with Gasteiger partial charge in [0.2, 0.25) is 11.9 Å². The maximum atomic E-state index is 12.2. The van der Waals surface area contributed by atoms with Crippen molar-refractivity contribution in [2.45, 2.75) is 12.9 Å². The Bertz CT molecular complexity index is 554. The predicted octanol–water partition coefficient (Wildman–Crippen LogP) is 1.90. The molecule has 0 bridgehead atoms. The minimum absolute atomic E-state index is 0.0730. The van der Waals surface area contributed by atoms with Crippen LogP contribution in [0, 0.1) is 0 Å². The summed E-state index contributed by atoms with van der Waals surface area (Å²) in [5.74, 6) is 0.0349. The molecule has 0 radical (unpaired) electrons. The van der Waals surface area contributed by atoms with Crippen LogP contribution < -0.4 is 15.8 Å². The van der Waals surface area contributed by atoms with Crippen LogP contribution in [0.1, 0.15) is 5.56 Å². The molecule has 1 aromatic heterocycles. The van der Waals surface area contributed by atoms with Gasteiger partial charge in [-0.05, 0) is 6.07 Å². The Balaban J connectivity index is 2.07. The number of H-pyrrole nitrogens is 1. The van der Waals surface area contributed by atoms with E-state index in [1.54, 1.807) is 6.07 Å². The Kier molecular flexibility index (Phi) is 3.45. The maximum Gasteiger partial charge on any atom is 0.573 e. The molecule has 0 unspecified atom stereocenters. The number of aromatic nitrogens is 3. The minimum atomic E-state index is -4.73. The lowest BCUT2D eigenvalue weighted by Crippen LogP contribution is -2.18. The molecule has 0 atom stereocenters. The maximum absolute atomic E-state index is 12.2. The number of halogens is 3. The minimum Gasteiger partial charge on any atom is -0.405 e. The van der Waals surface area contributed by atoms with Crippen molar-refractivity contribution in [3.8, 4) is 5.75 Å². The van der Waals surface area contributed by atoms with E-state index >= 15 is 0 Å². The summed E-state index contributed by atoms with van der Waals surface area (Å²) in [4.78, 5) is 3.77. The van der Waals surface area contributed by atoms with E-state index in [0.29, 0.717) is 5.56 Å². The standard InChI is InChI=1S/C10H10F3N5O/c11-10(12,13)19-7-4-2-1-3-6(7)5-15-9-16-8(14)17-18-9/h1-4H,5H2,(H4,14,15,16,17,18). The normalized spacial score (nSPS) is 11.3. The van der Waals surface area contributed by atoms with E-state index in [0.717, 1.165) is 0 Å². The molecule has 4 N–H and O–H groups in total. The number of rotatable bonds is 4. The molecule has 0 aliphatic heterocycles. The largest absolute Gasteiger partial charge is 0.573 e. The number of nitrogens with two attached hydrogens (primary N) is 1. The van der Waals surface area contributed by atoms with E-state index in [2.05, 4.69) is 25.2 Å². The number of nitrogen functional groups attached to an aromatic ring is 1. The number of aromatic amines is 1. The summed E-state index contributed by atoms with van der Waals surface area (Å²) in [5.41, 5.74) is 5.64. The summed E-state index contributed by atoms with van der Waals surface area (Å²) < 4.78 is 40.5. The van der Waals surface area contributed by atoms with Crippen molar-refractivity contribution < 1.29 is 17.9 Å². The number of ether oxygens (including phenoxy) is 1. The second kappa shape index (κ2) is 5.04. The molecule has 0 fully saturated rings. The molecular weight excluding hydrogens is 263 g/mol. The Morgan fingerprint density at radius 3 is 2.68 bits per heavy atom. The van der Waals surface area contributed by atoms with Gasteiger partial charge in [0, 0.05) is 12.1 Å². The van der Waals surface area contributed by atoms with Gasteiger partial charge >= 0.3 is 6.36 Å². The van der Waals surface area contributed by atoms with E-state index in [1.165, 1.54) is 18.2 Å². The summed E-state index contributed by atoms with van der Waals surface area (Å²) in [6.45, 7) is 0.0730. The molecule has 0 amide bonds. The van der Waals surface area contributed by atoms with Gasteiger partial charge in [0.05, 0.1) is 0 Å². The van der Waals surface area contributed by atoms with E-state index in [1.807, 2.05) is 0 Å². The van der Waals surface area contributed by atoms with Crippen LogP contribution in [0.3, 0.4) is 0 Å². The first kappa shape index (κ1) is 13.0. The van der Waals surface area contributed by atoms with Crippen molar-refractivity contribution in [3.05, 3.63) is 29.8 Å². The van der Waals surface area contributed by atoms with Crippen LogP contribution in [0.25, 0.3) is 0 Å². The fourth-order valence-corrected chi connectivity index (χ4v) is 1.40. The highest BCUT2D eigenvalue weighted by atomic mass is 19.4. The van der Waals surface area contributed by atoms with Gasteiger partial charge in [-0.25, -0.2) is 5.10 Å². The second-order valence-electron chi connectivity index (χ2n) is 3.55. The fourth-order valence-electron chi connectivity index (χ4n) is 1.40. The average Bonchev–Trinajstić information content (AvgIpc) is 2.72. The highest BCUT2D eigenvalue weighted by Gasteiger charge is 2.31. The lowest BCUT2D eigenvalue weighted by Gasteiger charge is -2.13. The van der Waals surface area contributed by atoms with Crippen LogP contribution in [0.15, 0.2) is 24.3 Å². The van der Waals surface area contributed by atoms with Crippen molar-refractivity contribution in [3.63, 3.8) is 0 Å². The first-order valence-electron chi connectivity index (χ1n) is 5.19. The number of nitrogens with zero attached hydrogens (tertiary/aromatic N) is 2. The molecule has 2 rings (SSSR count). The Morgan fingerprint density at radius 1 is 1.32 bits per heavy atom. The lowest BCUT2D eigenvalue weighted by atomic mass is 10.2. The second-order valence-corrected chi connectivity index (χ2v) is 3.55. The summed E-state index contributed by atoms with van der Waals surface area (Å²) in [6, 6.07) is 5.79. The van der Waals surface area contributed by atoms with Crippen LogP contribution in [0.5, 0.6) is 5.75 Å². The molecule has 102 valence electrons. The number of benzene rings is 1. The van der Waals surface area contributed by atoms with E-state index in [9.17, 15) is 13.2 Å². The number of alkyl halides is 3. The Hall–Kier alpha value is -2.45. The lowest BCUT2D eigenvalue weighted by molar-refractivity contribution is -0.274. The summed E-state index contributed by atoms with van der Waals surface area (Å²) in [7, 11) is 0. The van der Waals surface area contributed by atoms with Crippen LogP contribution in [0.2, 0.25) is 0 Å². The number of anilines is 2. The van der Waals surface area contributed by atoms with E-state index in [4.69, 9.17) is 5.73 Å². The molecule has 6 nitrogen and oxygen atoms in total. The van der Waals surface area contributed by atoms with Gasteiger partial charge in [0.25, 0.3) is 0 Å². The van der Waals surface area contributed by atoms with Crippen LogP contribution in [0.4, 0.5) is 25.1 Å². The molecule has 0 aliphatic carbocycles. The number of nitrogens with one attached hydrogen (secondary N) is 2. The molecule has 0 spiro atoms. The molecule has 0 aliphatic rings. The van der Waals surface area contributed by atoms with Crippen molar-refractivity contribution >= 4 is 11.9 Å². The quantitative estimate of drug-likeness (QED) is 0.791. The number of para-hydroxylation sites is 1. The molecular formula is C10H10F3N5O. The smallest absolute Gasteiger partial charge is 0.405 e. The third-order valence-electron chi connectivity index (χ3n) is 2.14. The van der Waals surface area contributed by atoms with Crippen molar-refractivity contribution in [1.82, 2.24) is 15.2 Å². The average molecular weight is 273 g/mol. The molecule has 0 saturated heterocycles. The van der Waals surface area contributed by atoms with Crippen LogP contribution in [-0.2, 0) is 6.54 Å². The summed E-state index contributed by atoms with van der Waals surface area (Å²) in [6.07, 6.45) is -4.73. The van der Waals surface area contributed by atoms with Gasteiger partial charge in [-0.2, -0.15) is 4.98 Å². The zero-order valence-electron chi connectivity index (χ0n) is 9.53. The summed E-state index contributed by atoms with van der Waals surface area (Å²) in [5, 5.41) is 8.83. The van der Waals surface area contributed by atoms with Gasteiger partial charge in [-0.1, -0.05) is 18.2 Å². The molecule has 2 aromatic rings. The number of hydrogen-bond acceptors (Lipinski definition) is 5. The van der Waals surface area contributed by atoms with Crippen LogP contribution >= 0.6 is 0 Å². The topological polar surface area (TPSA) is 88.8 Å². The summed E-state index contributed by atoms with van der Waals surface area (Å²) >= 11 is 0. The molecule has 1 heterocycles. The van der Waals surface area contributed by atoms with Gasteiger partial charge in [0.1, 0.15) is 5.75 Å². The Morgan fingerprint density at radius 2 is 2.05 bits per heavy atom. The molecule has 0 saturated carbocycles. The van der Waals surface area contributed by atoms with Gasteiger partial charge < -0.3 is 15.8 Å². The number of hydrogen-bond donors (Lipinski definition) is 3.